The van der Waals surface area contributed by atoms with Crippen LogP contribution in [-0.4, -0.2) is 31.0 Å². The van der Waals surface area contributed by atoms with Crippen molar-refractivity contribution in [3.63, 3.8) is 0 Å². The van der Waals surface area contributed by atoms with Gasteiger partial charge in [-0.3, -0.25) is 9.59 Å². The largest absolute Gasteiger partial charge is 0.481 e. The van der Waals surface area contributed by atoms with Crippen molar-refractivity contribution in [2.45, 2.75) is 6.92 Å². The number of nitrogens with one attached hydrogen (secondary N) is 1. The molecule has 0 saturated carbocycles. The monoisotopic (exact) mass is 410 g/mol. The fraction of sp³-hybridized carbons (Fsp3) is 0.167. The van der Waals surface area contributed by atoms with Crippen molar-refractivity contribution in [1.82, 2.24) is 0 Å². The molecule has 0 aliphatic heterocycles. The normalized spacial score (nSPS) is 10.2. The summed E-state index contributed by atoms with van der Waals surface area (Å²) in [6, 6.07) is 9.48. The quantitative estimate of drug-likeness (QED) is 0.682. The molecule has 0 aliphatic carbocycles. The fourth-order valence-electron chi connectivity index (χ4n) is 2.07. The Bertz CT molecular complexity index is 886. The van der Waals surface area contributed by atoms with Gasteiger partial charge in [0.05, 0.1) is 21.3 Å². The van der Waals surface area contributed by atoms with E-state index in [2.05, 4.69) is 5.32 Å². The van der Waals surface area contributed by atoms with Gasteiger partial charge in [0.2, 0.25) is 0 Å². The number of esters is 1. The van der Waals surface area contributed by atoms with Gasteiger partial charge in [-0.05, 0) is 30.7 Å². The van der Waals surface area contributed by atoms with Crippen LogP contribution in [0.3, 0.4) is 0 Å². The SMILES string of the molecule is Cc1ccc(Cl)c(NC(=O)COC(=O)COc2ccccc2C(N)=O)c1Cl. The van der Waals surface area contributed by atoms with Gasteiger partial charge >= 0.3 is 5.97 Å². The number of hydrogen-bond donors (Lipinski definition) is 2. The highest BCUT2D eigenvalue weighted by Crippen LogP contribution is 2.32. The number of halogens is 2. The highest BCUT2D eigenvalue weighted by atomic mass is 35.5. The average molecular weight is 411 g/mol. The Morgan fingerprint density at radius 2 is 1.78 bits per heavy atom. The van der Waals surface area contributed by atoms with Gasteiger partial charge in [-0.1, -0.05) is 41.4 Å². The molecule has 0 atom stereocenters. The number of amides is 2. The standard InChI is InChI=1S/C18H16Cl2N2O5/c1-10-6-7-12(19)17(16(10)20)22-14(23)8-27-15(24)9-26-13-5-3-2-4-11(13)18(21)25/h2-7H,8-9H2,1H3,(H2,21,25)(H,22,23). The maximum absolute atomic E-state index is 11.9. The van der Waals surface area contributed by atoms with Gasteiger partial charge in [-0.2, -0.15) is 0 Å². The second-order valence-electron chi connectivity index (χ2n) is 5.41. The van der Waals surface area contributed by atoms with Crippen LogP contribution < -0.4 is 15.8 Å². The van der Waals surface area contributed by atoms with E-state index in [1.54, 1.807) is 31.2 Å². The van der Waals surface area contributed by atoms with Crippen molar-refractivity contribution in [2.24, 2.45) is 5.73 Å². The summed E-state index contributed by atoms with van der Waals surface area (Å²) in [6.45, 7) is 0.708. The van der Waals surface area contributed by atoms with E-state index in [4.69, 9.17) is 38.4 Å². The first-order chi connectivity index (χ1) is 12.8. The zero-order chi connectivity index (χ0) is 20.0. The Hall–Kier alpha value is -2.77. The zero-order valence-electron chi connectivity index (χ0n) is 14.3. The first-order valence-corrected chi connectivity index (χ1v) is 8.47. The molecule has 142 valence electrons. The molecule has 0 heterocycles. The summed E-state index contributed by atoms with van der Waals surface area (Å²) in [6.07, 6.45) is 0. The topological polar surface area (TPSA) is 108 Å². The van der Waals surface area contributed by atoms with Crippen LogP contribution in [0.25, 0.3) is 0 Å². The molecular weight excluding hydrogens is 395 g/mol. The Labute approximate surface area is 165 Å². The highest BCUT2D eigenvalue weighted by Gasteiger charge is 2.15. The van der Waals surface area contributed by atoms with Crippen LogP contribution in [0.4, 0.5) is 5.69 Å². The van der Waals surface area contributed by atoms with Crippen LogP contribution in [0, 0.1) is 6.92 Å². The second kappa shape index (κ2) is 9.25. The Kier molecular flexibility index (Phi) is 7.04. The summed E-state index contributed by atoms with van der Waals surface area (Å²) in [4.78, 5) is 35.0. The second-order valence-corrected chi connectivity index (χ2v) is 6.20. The Morgan fingerprint density at radius 1 is 1.07 bits per heavy atom. The van der Waals surface area contributed by atoms with E-state index >= 15 is 0 Å². The molecule has 9 heteroatoms. The first-order valence-electron chi connectivity index (χ1n) is 7.71. The lowest BCUT2D eigenvalue weighted by Crippen LogP contribution is -2.24. The maximum Gasteiger partial charge on any atom is 0.344 e. The molecule has 0 bridgehead atoms. The van der Waals surface area contributed by atoms with E-state index in [1.807, 2.05) is 0 Å². The van der Waals surface area contributed by atoms with Crippen molar-refractivity contribution in [2.75, 3.05) is 18.5 Å². The molecule has 7 nitrogen and oxygen atoms in total. The molecule has 2 rings (SSSR count). The molecule has 2 amide bonds. The van der Waals surface area contributed by atoms with E-state index in [1.165, 1.54) is 12.1 Å². The lowest BCUT2D eigenvalue weighted by atomic mass is 10.2. The molecule has 0 aromatic heterocycles. The number of primary amides is 1. The summed E-state index contributed by atoms with van der Waals surface area (Å²) in [5, 5.41) is 3.05. The van der Waals surface area contributed by atoms with E-state index in [0.29, 0.717) is 5.02 Å². The van der Waals surface area contributed by atoms with Gasteiger partial charge in [-0.25, -0.2) is 4.79 Å². The van der Waals surface area contributed by atoms with Crippen molar-refractivity contribution >= 4 is 46.7 Å². The molecule has 0 unspecified atom stereocenters. The number of ether oxygens (including phenoxy) is 2. The molecule has 27 heavy (non-hydrogen) atoms. The number of nitrogens with two attached hydrogens (primary N) is 1. The number of anilines is 1. The van der Waals surface area contributed by atoms with Gasteiger partial charge in [0.15, 0.2) is 13.2 Å². The molecule has 0 saturated heterocycles. The predicted octanol–water partition coefficient (Wildman–Crippen LogP) is 2.96. The molecule has 0 radical (unpaired) electrons. The number of para-hydroxylation sites is 1. The van der Waals surface area contributed by atoms with Gasteiger partial charge in [0, 0.05) is 0 Å². The average Bonchev–Trinajstić information content (AvgIpc) is 2.65. The van der Waals surface area contributed by atoms with Crippen molar-refractivity contribution in [1.29, 1.82) is 0 Å². The van der Waals surface area contributed by atoms with E-state index in [0.717, 1.165) is 5.56 Å². The number of hydrogen-bond acceptors (Lipinski definition) is 5. The first kappa shape index (κ1) is 20.5. The van der Waals surface area contributed by atoms with Crippen LogP contribution >= 0.6 is 23.2 Å². The van der Waals surface area contributed by atoms with E-state index in [-0.39, 0.29) is 22.0 Å². The number of rotatable bonds is 7. The maximum atomic E-state index is 11.9. The van der Waals surface area contributed by atoms with E-state index < -0.39 is 31.0 Å². The van der Waals surface area contributed by atoms with Gasteiger partial charge in [0.1, 0.15) is 5.75 Å². The summed E-state index contributed by atoms with van der Waals surface area (Å²) >= 11 is 12.1. The third kappa shape index (κ3) is 5.60. The minimum Gasteiger partial charge on any atom is -0.481 e. The summed E-state index contributed by atoms with van der Waals surface area (Å²) < 4.78 is 10.0. The van der Waals surface area contributed by atoms with Crippen LogP contribution in [0.15, 0.2) is 36.4 Å². The molecule has 0 aliphatic rings. The number of aryl methyl sites for hydroxylation is 1. The molecule has 2 aromatic rings. The Balaban J connectivity index is 1.87. The van der Waals surface area contributed by atoms with Gasteiger partial charge in [-0.15, -0.1) is 0 Å². The minimum atomic E-state index is -0.800. The van der Waals surface area contributed by atoms with Crippen molar-refractivity contribution in [3.05, 3.63) is 57.6 Å². The zero-order valence-corrected chi connectivity index (χ0v) is 15.8. The predicted molar refractivity (Wildman–Crippen MR) is 101 cm³/mol. The molecular formula is C18H16Cl2N2O5. The van der Waals surface area contributed by atoms with E-state index in [9.17, 15) is 14.4 Å². The third-order valence-corrected chi connectivity index (χ3v) is 4.21. The van der Waals surface area contributed by atoms with Crippen molar-refractivity contribution in [3.8, 4) is 5.75 Å². The van der Waals surface area contributed by atoms with Crippen LogP contribution in [0.1, 0.15) is 15.9 Å². The third-order valence-electron chi connectivity index (χ3n) is 3.41. The molecule has 2 aromatic carbocycles. The number of carbonyl (C=O) groups excluding carboxylic acids is 3. The van der Waals surface area contributed by atoms with Crippen LogP contribution in [0.5, 0.6) is 5.75 Å². The number of carbonyl (C=O) groups is 3. The number of benzene rings is 2. The molecule has 0 spiro atoms. The smallest absolute Gasteiger partial charge is 0.344 e. The van der Waals surface area contributed by atoms with Gasteiger partial charge in [0.25, 0.3) is 11.8 Å². The molecule has 3 N–H and O–H groups in total. The molecule has 0 fully saturated rings. The van der Waals surface area contributed by atoms with Gasteiger partial charge < -0.3 is 20.5 Å². The Morgan fingerprint density at radius 3 is 2.48 bits per heavy atom. The minimum absolute atomic E-state index is 0.131. The lowest BCUT2D eigenvalue weighted by molar-refractivity contribution is -0.149. The lowest BCUT2D eigenvalue weighted by Gasteiger charge is -2.12. The fourth-order valence-corrected chi connectivity index (χ4v) is 2.53. The summed E-state index contributed by atoms with van der Waals surface area (Å²) in [7, 11) is 0. The summed E-state index contributed by atoms with van der Waals surface area (Å²) in [5.74, 6) is -1.96. The van der Waals surface area contributed by atoms with Crippen LogP contribution in [0.2, 0.25) is 10.0 Å². The van der Waals surface area contributed by atoms with Crippen molar-refractivity contribution < 1.29 is 23.9 Å². The summed E-state index contributed by atoms with van der Waals surface area (Å²) in [5.41, 5.74) is 6.32. The highest BCUT2D eigenvalue weighted by molar-refractivity contribution is 6.40. The van der Waals surface area contributed by atoms with Crippen LogP contribution in [-0.2, 0) is 14.3 Å².